The molecule has 0 heterocycles. The van der Waals surface area contributed by atoms with Crippen molar-refractivity contribution < 1.29 is 19.0 Å². The first-order chi connectivity index (χ1) is 16.3. The molecule has 2 N–H and O–H groups in total. The molecule has 5 aliphatic rings. The zero-order chi connectivity index (χ0) is 25.3. The summed E-state index contributed by atoms with van der Waals surface area (Å²) in [5.74, 6) is 2.07. The molecule has 0 aromatic heterocycles. The van der Waals surface area contributed by atoms with Gasteiger partial charge in [0.1, 0.15) is 0 Å². The second-order valence-electron chi connectivity index (χ2n) is 15.0. The van der Waals surface area contributed by atoms with Gasteiger partial charge in [-0.05, 0) is 130 Å². The Morgan fingerprint density at radius 3 is 2.17 bits per heavy atom. The second kappa shape index (κ2) is 8.92. The van der Waals surface area contributed by atoms with Crippen LogP contribution in [0.3, 0.4) is 0 Å². The highest BCUT2D eigenvalue weighted by atomic mass is 19.3. The van der Waals surface area contributed by atoms with Gasteiger partial charge in [-0.3, -0.25) is 0 Å². The van der Waals surface area contributed by atoms with E-state index in [9.17, 15) is 19.0 Å². The molecule has 0 radical (unpaired) electrons. The van der Waals surface area contributed by atoms with Crippen LogP contribution >= 0.6 is 0 Å². The van der Waals surface area contributed by atoms with Gasteiger partial charge in [0.2, 0.25) is 5.92 Å². The third kappa shape index (κ3) is 4.75. The van der Waals surface area contributed by atoms with E-state index in [1.807, 2.05) is 0 Å². The highest BCUT2D eigenvalue weighted by molar-refractivity contribution is 5.10. The molecule has 0 amide bonds. The van der Waals surface area contributed by atoms with Crippen LogP contribution in [-0.4, -0.2) is 27.3 Å². The molecular formula is C31H52F2O2. The van der Waals surface area contributed by atoms with Gasteiger partial charge >= 0.3 is 0 Å². The minimum Gasteiger partial charge on any atom is -0.390 e. The van der Waals surface area contributed by atoms with Crippen molar-refractivity contribution in [3.63, 3.8) is 0 Å². The maximum atomic E-state index is 13.5. The first-order valence-corrected chi connectivity index (χ1v) is 15.1. The molecule has 5 rings (SSSR count). The number of rotatable bonds is 5. The highest BCUT2D eigenvalue weighted by Crippen LogP contribution is 2.69. The fourth-order valence-corrected chi connectivity index (χ4v) is 10.7. The predicted octanol–water partition coefficient (Wildman–Crippen LogP) is 8.14. The van der Waals surface area contributed by atoms with Crippen molar-refractivity contribution in [2.75, 3.05) is 0 Å². The van der Waals surface area contributed by atoms with Gasteiger partial charge in [-0.1, -0.05) is 33.6 Å². The average Bonchev–Trinajstić information content (AvgIpc) is 3.14. The maximum Gasteiger partial charge on any atom is 0.248 e. The molecule has 0 unspecified atom stereocenters. The third-order valence-electron chi connectivity index (χ3n) is 12.9. The Labute approximate surface area is 213 Å². The minimum absolute atomic E-state index is 0.151. The zero-order valence-corrected chi connectivity index (χ0v) is 22.9. The highest BCUT2D eigenvalue weighted by Gasteiger charge is 2.61. The van der Waals surface area contributed by atoms with Gasteiger partial charge in [-0.25, -0.2) is 8.78 Å². The Bertz CT molecular complexity index is 770. The summed E-state index contributed by atoms with van der Waals surface area (Å²) in [6.07, 6.45) is 14.3. The molecule has 35 heavy (non-hydrogen) atoms. The Morgan fingerprint density at radius 1 is 0.771 bits per heavy atom. The van der Waals surface area contributed by atoms with E-state index in [4.69, 9.17) is 0 Å². The van der Waals surface area contributed by atoms with E-state index in [2.05, 4.69) is 27.7 Å². The van der Waals surface area contributed by atoms with E-state index in [1.165, 1.54) is 44.9 Å². The van der Waals surface area contributed by atoms with E-state index in [1.54, 1.807) is 0 Å². The smallest absolute Gasteiger partial charge is 0.248 e. The normalized spacial score (nSPS) is 49.5. The summed E-state index contributed by atoms with van der Waals surface area (Å²) in [5, 5.41) is 21.6. The Hall–Kier alpha value is -0.220. The standard InChI is InChI=1S/C31H52F2O2/c1-21(6-5-12-30(35)16-18-31(32,33)19-17-30)24-9-10-25-23-8-7-22-20-27(2,34)14-15-28(22,3)26(23)11-13-29(24,25)4/h21-26,34-35H,5-20H2,1-4H3/t21-,22+,23+,24-,25+,26+,27+,28+,29-/m1/s1. The maximum absolute atomic E-state index is 13.5. The second-order valence-corrected chi connectivity index (χ2v) is 15.0. The molecule has 0 spiro atoms. The van der Waals surface area contributed by atoms with Gasteiger partial charge < -0.3 is 10.2 Å². The van der Waals surface area contributed by atoms with Gasteiger partial charge in [0, 0.05) is 12.8 Å². The number of halogens is 2. The summed E-state index contributed by atoms with van der Waals surface area (Å²) in [6.45, 7) is 9.68. The van der Waals surface area contributed by atoms with Gasteiger partial charge in [-0.15, -0.1) is 0 Å². The molecule has 0 aliphatic heterocycles. The van der Waals surface area contributed by atoms with Crippen LogP contribution in [0, 0.1) is 46.3 Å². The van der Waals surface area contributed by atoms with Crippen molar-refractivity contribution in [1.82, 2.24) is 0 Å². The molecule has 0 aromatic carbocycles. The molecule has 0 saturated heterocycles. The van der Waals surface area contributed by atoms with Crippen LogP contribution < -0.4 is 0 Å². The summed E-state index contributed by atoms with van der Waals surface area (Å²) in [6, 6.07) is 0. The van der Waals surface area contributed by atoms with E-state index in [-0.39, 0.29) is 25.7 Å². The van der Waals surface area contributed by atoms with Crippen molar-refractivity contribution in [3.8, 4) is 0 Å². The average molecular weight is 495 g/mol. The van der Waals surface area contributed by atoms with E-state index in [0.29, 0.717) is 29.1 Å². The Balaban J connectivity index is 1.19. The van der Waals surface area contributed by atoms with Crippen LogP contribution in [0.5, 0.6) is 0 Å². The monoisotopic (exact) mass is 494 g/mol. The largest absolute Gasteiger partial charge is 0.390 e. The van der Waals surface area contributed by atoms with Crippen LogP contribution in [0.15, 0.2) is 0 Å². The molecule has 4 heteroatoms. The van der Waals surface area contributed by atoms with Crippen LogP contribution in [0.25, 0.3) is 0 Å². The zero-order valence-electron chi connectivity index (χ0n) is 22.9. The number of hydrogen-bond donors (Lipinski definition) is 2. The summed E-state index contributed by atoms with van der Waals surface area (Å²) >= 11 is 0. The van der Waals surface area contributed by atoms with E-state index < -0.39 is 17.1 Å². The van der Waals surface area contributed by atoms with Crippen molar-refractivity contribution in [2.45, 2.75) is 148 Å². The van der Waals surface area contributed by atoms with Crippen LogP contribution in [0.4, 0.5) is 8.78 Å². The Kier molecular flexibility index (Phi) is 6.73. The number of fused-ring (bicyclic) bond motifs is 5. The minimum atomic E-state index is -2.57. The van der Waals surface area contributed by atoms with E-state index >= 15 is 0 Å². The lowest BCUT2D eigenvalue weighted by atomic mass is 9.43. The van der Waals surface area contributed by atoms with Gasteiger partial charge in [0.05, 0.1) is 11.2 Å². The van der Waals surface area contributed by atoms with Gasteiger partial charge in [0.25, 0.3) is 0 Å². The van der Waals surface area contributed by atoms with Crippen molar-refractivity contribution in [2.24, 2.45) is 46.3 Å². The molecule has 5 saturated carbocycles. The molecule has 202 valence electrons. The molecular weight excluding hydrogens is 442 g/mol. The lowest BCUT2D eigenvalue weighted by Gasteiger charge is -2.62. The molecule has 0 aromatic rings. The fourth-order valence-electron chi connectivity index (χ4n) is 10.7. The Morgan fingerprint density at radius 2 is 1.46 bits per heavy atom. The van der Waals surface area contributed by atoms with Gasteiger partial charge in [-0.2, -0.15) is 0 Å². The molecule has 5 aliphatic carbocycles. The quantitative estimate of drug-likeness (QED) is 0.405. The third-order valence-corrected chi connectivity index (χ3v) is 12.9. The number of alkyl halides is 2. The summed E-state index contributed by atoms with van der Waals surface area (Å²) in [5.41, 5.74) is -0.462. The van der Waals surface area contributed by atoms with Crippen LogP contribution in [0.2, 0.25) is 0 Å². The number of aliphatic hydroxyl groups is 2. The first kappa shape index (κ1) is 26.4. The van der Waals surface area contributed by atoms with E-state index in [0.717, 1.165) is 49.4 Å². The van der Waals surface area contributed by atoms with Crippen molar-refractivity contribution >= 4 is 0 Å². The lowest BCUT2D eigenvalue weighted by molar-refractivity contribution is -0.148. The fraction of sp³-hybridized carbons (Fsp3) is 1.00. The summed E-state index contributed by atoms with van der Waals surface area (Å²) in [7, 11) is 0. The van der Waals surface area contributed by atoms with Crippen LogP contribution in [-0.2, 0) is 0 Å². The SMILES string of the molecule is C[C@H](CCCC1(O)CCC(F)(F)CC1)[C@H]1CC[C@H]2[C@@H]3CC[C@H]4C[C@@](C)(O)CC[C@]4(C)[C@H]3CC[C@]12C. The number of hydrogen-bond acceptors (Lipinski definition) is 2. The molecule has 2 nitrogen and oxygen atoms in total. The van der Waals surface area contributed by atoms with Crippen molar-refractivity contribution in [1.29, 1.82) is 0 Å². The predicted molar refractivity (Wildman–Crippen MR) is 137 cm³/mol. The molecule has 9 atom stereocenters. The lowest BCUT2D eigenvalue weighted by Crippen LogP contribution is -2.55. The van der Waals surface area contributed by atoms with Gasteiger partial charge in [0.15, 0.2) is 0 Å². The first-order valence-electron chi connectivity index (χ1n) is 15.1. The topological polar surface area (TPSA) is 40.5 Å². The molecule has 0 bridgehead atoms. The summed E-state index contributed by atoms with van der Waals surface area (Å²) < 4.78 is 27.1. The summed E-state index contributed by atoms with van der Waals surface area (Å²) in [4.78, 5) is 0. The molecule has 5 fully saturated rings. The van der Waals surface area contributed by atoms with Crippen molar-refractivity contribution in [3.05, 3.63) is 0 Å². The van der Waals surface area contributed by atoms with Crippen LogP contribution in [0.1, 0.15) is 130 Å².